The fourth-order valence-electron chi connectivity index (χ4n) is 2.92. The first-order valence-electron chi connectivity index (χ1n) is 8.93. The molecule has 0 atom stereocenters. The second-order valence-corrected chi connectivity index (χ2v) is 7.28. The fraction of sp³-hybridized carbons (Fsp3) is 0.409. The maximum Gasteiger partial charge on any atom is 0.137 e. The molecule has 0 saturated carbocycles. The molecule has 1 N–H and O–H groups in total. The molecule has 0 spiro atoms. The Balaban J connectivity index is 0.00000338. The molecule has 1 aliphatic heterocycles. The predicted octanol–water partition coefficient (Wildman–Crippen LogP) is 5.72. The van der Waals surface area contributed by atoms with Crippen molar-refractivity contribution in [3.05, 3.63) is 70.8 Å². The molecule has 2 nitrogen and oxygen atoms in total. The van der Waals surface area contributed by atoms with Crippen LogP contribution >= 0.6 is 0 Å². The Morgan fingerprint density at radius 2 is 1.88 bits per heavy atom. The van der Waals surface area contributed by atoms with Gasteiger partial charge in [-0.25, -0.2) is 4.39 Å². The first-order chi connectivity index (χ1) is 11.8. The quantitative estimate of drug-likeness (QED) is 0.686. The highest BCUT2D eigenvalue weighted by atomic mass is 19.1. The number of Topliss-reactive ketones (excluding diaryl/α,β-unsaturated/α-hetero) is 1. The van der Waals surface area contributed by atoms with Crippen molar-refractivity contribution in [1.29, 1.82) is 0 Å². The molecule has 1 heterocycles. The van der Waals surface area contributed by atoms with Crippen molar-refractivity contribution < 1.29 is 10.6 Å². The molecule has 0 radical (unpaired) electrons. The van der Waals surface area contributed by atoms with E-state index in [1.807, 2.05) is 6.92 Å². The molecular formula is C22H30FNO. The largest absolute Gasteiger partial charge is 0.358 e. The smallest absolute Gasteiger partial charge is 0.137 e. The van der Waals surface area contributed by atoms with Crippen LogP contribution in [0.2, 0.25) is 0 Å². The molecule has 0 aliphatic carbocycles. The monoisotopic (exact) mass is 343 g/mol. The standard InChI is InChI=1S/C22H28FNO.H2/c1-6-20(25)14-18-13-17(12-16-8-10-19(23)11-9-16)15(3)24-21(18)22(4,5)7-2;/h8-11,13,24H,3,6-7,12,14H2,1-2,4-5H3;1H. The van der Waals surface area contributed by atoms with Crippen LogP contribution in [0, 0.1) is 11.2 Å². The zero-order chi connectivity index (χ0) is 18.6. The normalized spacial score (nSPS) is 15.1. The van der Waals surface area contributed by atoms with Crippen LogP contribution in [0.15, 0.2) is 59.5 Å². The van der Waals surface area contributed by atoms with Crippen LogP contribution in [-0.2, 0) is 11.2 Å². The number of ketones is 1. The van der Waals surface area contributed by atoms with E-state index < -0.39 is 0 Å². The highest BCUT2D eigenvalue weighted by Gasteiger charge is 2.28. The summed E-state index contributed by atoms with van der Waals surface area (Å²) in [6, 6.07) is 6.51. The third-order valence-corrected chi connectivity index (χ3v) is 4.98. The minimum Gasteiger partial charge on any atom is -0.358 e. The van der Waals surface area contributed by atoms with Gasteiger partial charge in [-0.15, -0.1) is 0 Å². The van der Waals surface area contributed by atoms with Gasteiger partial charge in [0.1, 0.15) is 11.6 Å². The zero-order valence-corrected chi connectivity index (χ0v) is 15.7. The minimum absolute atomic E-state index is 0. The van der Waals surface area contributed by atoms with E-state index in [2.05, 4.69) is 38.7 Å². The van der Waals surface area contributed by atoms with E-state index in [-0.39, 0.29) is 18.4 Å². The van der Waals surface area contributed by atoms with Crippen LogP contribution in [0.25, 0.3) is 0 Å². The molecule has 1 aliphatic rings. The summed E-state index contributed by atoms with van der Waals surface area (Å²) in [7, 11) is 0. The molecule has 0 bridgehead atoms. The summed E-state index contributed by atoms with van der Waals surface area (Å²) in [6.45, 7) is 12.6. The van der Waals surface area contributed by atoms with Gasteiger partial charge in [0.05, 0.1) is 0 Å². The van der Waals surface area contributed by atoms with Crippen LogP contribution < -0.4 is 5.32 Å². The number of hydrogen-bond donors (Lipinski definition) is 1. The van der Waals surface area contributed by atoms with Crippen molar-refractivity contribution >= 4 is 5.78 Å². The Morgan fingerprint density at radius 3 is 2.44 bits per heavy atom. The van der Waals surface area contributed by atoms with Crippen molar-refractivity contribution in [3.8, 4) is 0 Å². The molecular weight excluding hydrogens is 313 g/mol. The highest BCUT2D eigenvalue weighted by Crippen LogP contribution is 2.36. The number of carbonyl (C=O) groups is 1. The van der Waals surface area contributed by atoms with Crippen molar-refractivity contribution in [1.82, 2.24) is 5.32 Å². The molecule has 1 aromatic carbocycles. The van der Waals surface area contributed by atoms with Crippen molar-refractivity contribution in [2.45, 2.75) is 53.4 Å². The zero-order valence-electron chi connectivity index (χ0n) is 15.7. The Kier molecular flexibility index (Phi) is 5.99. The van der Waals surface area contributed by atoms with E-state index in [4.69, 9.17) is 0 Å². The second-order valence-electron chi connectivity index (χ2n) is 7.28. The Morgan fingerprint density at radius 1 is 1.24 bits per heavy atom. The molecule has 1 aromatic rings. The van der Waals surface area contributed by atoms with E-state index in [1.54, 1.807) is 12.1 Å². The molecule has 0 amide bonds. The minimum atomic E-state index is -0.237. The van der Waals surface area contributed by atoms with Gasteiger partial charge in [0.25, 0.3) is 0 Å². The van der Waals surface area contributed by atoms with E-state index >= 15 is 0 Å². The van der Waals surface area contributed by atoms with Gasteiger partial charge in [-0.3, -0.25) is 4.79 Å². The van der Waals surface area contributed by atoms with Crippen molar-refractivity contribution in [2.24, 2.45) is 5.41 Å². The summed E-state index contributed by atoms with van der Waals surface area (Å²) < 4.78 is 13.1. The van der Waals surface area contributed by atoms with Gasteiger partial charge >= 0.3 is 0 Å². The molecule has 2 rings (SSSR count). The number of carbonyl (C=O) groups excluding carboxylic acids is 1. The Labute approximate surface area is 152 Å². The number of benzene rings is 1. The Hall–Kier alpha value is -2.16. The van der Waals surface area contributed by atoms with Gasteiger partial charge in [-0.1, -0.05) is 52.5 Å². The Bertz CT molecular complexity index is 729. The van der Waals surface area contributed by atoms with Crippen molar-refractivity contribution in [3.63, 3.8) is 0 Å². The van der Waals surface area contributed by atoms with Gasteiger partial charge in [0.15, 0.2) is 0 Å². The fourth-order valence-corrected chi connectivity index (χ4v) is 2.92. The molecule has 25 heavy (non-hydrogen) atoms. The topological polar surface area (TPSA) is 29.1 Å². The summed E-state index contributed by atoms with van der Waals surface area (Å²) in [5, 5.41) is 3.46. The number of dihydropyridines is 1. The first kappa shape index (κ1) is 19.2. The number of halogens is 1. The van der Waals surface area contributed by atoms with Gasteiger partial charge < -0.3 is 5.32 Å². The van der Waals surface area contributed by atoms with Crippen LogP contribution in [0.3, 0.4) is 0 Å². The van der Waals surface area contributed by atoms with E-state index in [0.717, 1.165) is 34.5 Å². The first-order valence-corrected chi connectivity index (χ1v) is 8.93. The molecule has 0 aromatic heterocycles. The van der Waals surface area contributed by atoms with Crippen LogP contribution in [0.1, 0.15) is 53.9 Å². The lowest BCUT2D eigenvalue weighted by Gasteiger charge is -2.34. The van der Waals surface area contributed by atoms with Crippen molar-refractivity contribution in [2.75, 3.05) is 0 Å². The van der Waals surface area contributed by atoms with Crippen LogP contribution in [0.5, 0.6) is 0 Å². The molecule has 0 fully saturated rings. The third-order valence-electron chi connectivity index (χ3n) is 4.98. The van der Waals surface area contributed by atoms with Gasteiger partial charge in [0.2, 0.25) is 0 Å². The lowest BCUT2D eigenvalue weighted by atomic mass is 9.80. The van der Waals surface area contributed by atoms with Gasteiger partial charge in [-0.2, -0.15) is 0 Å². The van der Waals surface area contributed by atoms with E-state index in [1.165, 1.54) is 12.1 Å². The maximum atomic E-state index is 13.1. The van der Waals surface area contributed by atoms with Gasteiger partial charge in [-0.05, 0) is 41.7 Å². The molecule has 0 unspecified atom stereocenters. The van der Waals surface area contributed by atoms with E-state index in [0.29, 0.717) is 19.3 Å². The second kappa shape index (κ2) is 7.81. The third kappa shape index (κ3) is 4.68. The average Bonchev–Trinajstić information content (AvgIpc) is 2.59. The summed E-state index contributed by atoms with van der Waals surface area (Å²) in [6.07, 6.45) is 4.69. The summed E-state index contributed by atoms with van der Waals surface area (Å²) in [5.74, 6) is -0.00877. The number of hydrogen-bond acceptors (Lipinski definition) is 2. The number of allylic oxidation sites excluding steroid dienone is 4. The highest BCUT2D eigenvalue weighted by molar-refractivity contribution is 5.81. The maximum absolute atomic E-state index is 13.1. The predicted molar refractivity (Wildman–Crippen MR) is 104 cm³/mol. The molecule has 136 valence electrons. The molecule has 0 saturated heterocycles. The molecule has 3 heteroatoms. The summed E-state index contributed by atoms with van der Waals surface area (Å²) >= 11 is 0. The summed E-state index contributed by atoms with van der Waals surface area (Å²) in [4.78, 5) is 12.1. The lowest BCUT2D eigenvalue weighted by Crippen LogP contribution is -2.31. The SMILES string of the molecule is C=C1NC(C(C)(C)CC)=C(CC(=O)CC)C=C1Cc1ccc(F)cc1.[HH]. The van der Waals surface area contributed by atoms with Crippen LogP contribution in [0.4, 0.5) is 4.39 Å². The number of nitrogens with one attached hydrogen (secondary N) is 1. The van der Waals surface area contributed by atoms with E-state index in [9.17, 15) is 9.18 Å². The van der Waals surface area contributed by atoms with Crippen LogP contribution in [-0.4, -0.2) is 5.78 Å². The summed E-state index contributed by atoms with van der Waals surface area (Å²) in [5.41, 5.74) is 5.00. The average molecular weight is 343 g/mol. The van der Waals surface area contributed by atoms with Gasteiger partial charge in [0, 0.05) is 31.1 Å². The number of rotatable bonds is 7. The lowest BCUT2D eigenvalue weighted by molar-refractivity contribution is -0.118.